The summed E-state index contributed by atoms with van der Waals surface area (Å²) < 4.78 is 13.2. The second-order valence-electron chi connectivity index (χ2n) is 2.99. The summed E-state index contributed by atoms with van der Waals surface area (Å²) in [6, 6.07) is 5.74. The monoisotopic (exact) mass is 221 g/mol. The van der Waals surface area contributed by atoms with Crippen LogP contribution in [0, 0.1) is 5.82 Å². The summed E-state index contributed by atoms with van der Waals surface area (Å²) in [5.41, 5.74) is -0.00834. The van der Waals surface area contributed by atoms with E-state index < -0.39 is 11.7 Å². The number of nitrogens with zero attached hydrogens (tertiary/aromatic N) is 3. The van der Waals surface area contributed by atoms with E-state index in [2.05, 4.69) is 25.9 Å². The average molecular weight is 221 g/mol. The summed E-state index contributed by atoms with van der Waals surface area (Å²) in [5, 5.41) is 15.4. The van der Waals surface area contributed by atoms with Gasteiger partial charge in [-0.15, -0.1) is 10.2 Å². The van der Waals surface area contributed by atoms with Gasteiger partial charge in [-0.3, -0.25) is 4.79 Å². The molecule has 0 bridgehead atoms. The molecule has 0 fully saturated rings. The fourth-order valence-corrected chi connectivity index (χ4v) is 1.16. The number of H-pyrrole nitrogens is 1. The Kier molecular flexibility index (Phi) is 2.86. The number of amides is 1. The fraction of sp³-hybridized carbons (Fsp3) is 0.111. The minimum atomic E-state index is -0.562. The van der Waals surface area contributed by atoms with Crippen LogP contribution in [-0.2, 0) is 6.54 Å². The van der Waals surface area contributed by atoms with E-state index >= 15 is 0 Å². The summed E-state index contributed by atoms with van der Waals surface area (Å²) in [4.78, 5) is 11.5. The summed E-state index contributed by atoms with van der Waals surface area (Å²) in [7, 11) is 0. The zero-order chi connectivity index (χ0) is 11.4. The lowest BCUT2D eigenvalue weighted by molar-refractivity contribution is 0.0946. The van der Waals surface area contributed by atoms with Gasteiger partial charge in [-0.1, -0.05) is 17.3 Å². The number of hydrogen-bond donors (Lipinski definition) is 2. The molecular formula is C9H8FN5O. The van der Waals surface area contributed by atoms with Crippen LogP contribution >= 0.6 is 0 Å². The maximum atomic E-state index is 13.2. The van der Waals surface area contributed by atoms with Crippen molar-refractivity contribution in [1.29, 1.82) is 0 Å². The molecule has 16 heavy (non-hydrogen) atoms. The SMILES string of the molecule is O=C(NCc1nn[nH]n1)c1ccccc1F. The Morgan fingerprint density at radius 2 is 2.25 bits per heavy atom. The van der Waals surface area contributed by atoms with Gasteiger partial charge in [0.15, 0.2) is 5.82 Å². The summed E-state index contributed by atoms with van der Waals surface area (Å²) in [6.07, 6.45) is 0. The molecule has 0 atom stereocenters. The number of rotatable bonds is 3. The number of aromatic nitrogens is 4. The van der Waals surface area contributed by atoms with Crippen LogP contribution < -0.4 is 5.32 Å². The molecule has 1 amide bonds. The normalized spacial score (nSPS) is 10.1. The molecule has 82 valence electrons. The molecule has 0 saturated heterocycles. The van der Waals surface area contributed by atoms with Gasteiger partial charge in [-0.2, -0.15) is 5.21 Å². The number of tetrazole rings is 1. The molecule has 1 aromatic heterocycles. The Balaban J connectivity index is 2.01. The number of halogens is 1. The van der Waals surface area contributed by atoms with Crippen LogP contribution in [0.25, 0.3) is 0 Å². The molecule has 0 radical (unpaired) electrons. The summed E-state index contributed by atoms with van der Waals surface area (Å²) in [6.45, 7) is 0.101. The first kappa shape index (κ1) is 10.2. The first-order valence-electron chi connectivity index (χ1n) is 4.52. The molecule has 7 heteroatoms. The number of carbonyl (C=O) groups is 1. The van der Waals surface area contributed by atoms with E-state index in [1.165, 1.54) is 18.2 Å². The predicted octanol–water partition coefficient (Wildman–Crippen LogP) is 0.269. The van der Waals surface area contributed by atoms with Gasteiger partial charge in [0.05, 0.1) is 12.1 Å². The van der Waals surface area contributed by atoms with Gasteiger partial charge in [0.1, 0.15) is 5.82 Å². The van der Waals surface area contributed by atoms with Crippen molar-refractivity contribution in [2.75, 3.05) is 0 Å². The molecule has 2 N–H and O–H groups in total. The smallest absolute Gasteiger partial charge is 0.254 e. The van der Waals surface area contributed by atoms with Crippen LogP contribution in [0.15, 0.2) is 24.3 Å². The lowest BCUT2D eigenvalue weighted by Crippen LogP contribution is -2.24. The molecule has 0 saturated carbocycles. The van der Waals surface area contributed by atoms with Crippen molar-refractivity contribution >= 4 is 5.91 Å². The largest absolute Gasteiger partial charge is 0.344 e. The maximum Gasteiger partial charge on any atom is 0.254 e. The molecule has 1 heterocycles. The average Bonchev–Trinajstić information content (AvgIpc) is 2.79. The molecule has 6 nitrogen and oxygen atoms in total. The quantitative estimate of drug-likeness (QED) is 0.779. The van der Waals surface area contributed by atoms with Crippen molar-refractivity contribution in [3.63, 3.8) is 0 Å². The lowest BCUT2D eigenvalue weighted by atomic mass is 10.2. The summed E-state index contributed by atoms with van der Waals surface area (Å²) in [5.74, 6) is -0.735. The van der Waals surface area contributed by atoms with E-state index in [-0.39, 0.29) is 12.1 Å². The van der Waals surface area contributed by atoms with E-state index in [1.807, 2.05) is 0 Å². The highest BCUT2D eigenvalue weighted by Crippen LogP contribution is 2.05. The van der Waals surface area contributed by atoms with E-state index in [9.17, 15) is 9.18 Å². The van der Waals surface area contributed by atoms with E-state index in [1.54, 1.807) is 6.07 Å². The zero-order valence-electron chi connectivity index (χ0n) is 8.14. The highest BCUT2D eigenvalue weighted by atomic mass is 19.1. The number of benzene rings is 1. The highest BCUT2D eigenvalue weighted by Gasteiger charge is 2.10. The highest BCUT2D eigenvalue weighted by molar-refractivity contribution is 5.94. The maximum absolute atomic E-state index is 13.2. The van der Waals surface area contributed by atoms with Crippen LogP contribution in [0.1, 0.15) is 16.2 Å². The van der Waals surface area contributed by atoms with Gasteiger partial charge in [-0.05, 0) is 12.1 Å². The van der Waals surface area contributed by atoms with Crippen LogP contribution in [0.3, 0.4) is 0 Å². The van der Waals surface area contributed by atoms with Crippen LogP contribution in [0.4, 0.5) is 4.39 Å². The Bertz CT molecular complexity index is 484. The lowest BCUT2D eigenvalue weighted by Gasteiger charge is -2.02. The molecule has 0 aliphatic heterocycles. The van der Waals surface area contributed by atoms with Gasteiger partial charge < -0.3 is 5.32 Å². The first-order valence-corrected chi connectivity index (χ1v) is 4.52. The molecule has 0 unspecified atom stereocenters. The molecule has 0 aliphatic rings. The van der Waals surface area contributed by atoms with E-state index in [0.717, 1.165) is 0 Å². The second kappa shape index (κ2) is 4.47. The zero-order valence-corrected chi connectivity index (χ0v) is 8.14. The van der Waals surface area contributed by atoms with Crippen molar-refractivity contribution in [3.8, 4) is 0 Å². The summed E-state index contributed by atoms with van der Waals surface area (Å²) >= 11 is 0. The number of aromatic amines is 1. The Morgan fingerprint density at radius 3 is 2.94 bits per heavy atom. The van der Waals surface area contributed by atoms with E-state index in [0.29, 0.717) is 5.82 Å². The molecule has 2 rings (SSSR count). The van der Waals surface area contributed by atoms with Crippen molar-refractivity contribution < 1.29 is 9.18 Å². The van der Waals surface area contributed by atoms with Gasteiger partial charge in [0, 0.05) is 0 Å². The third-order valence-electron chi connectivity index (χ3n) is 1.91. The van der Waals surface area contributed by atoms with Crippen molar-refractivity contribution in [2.45, 2.75) is 6.54 Å². The molecular weight excluding hydrogens is 213 g/mol. The van der Waals surface area contributed by atoms with Gasteiger partial charge in [0.25, 0.3) is 5.91 Å². The van der Waals surface area contributed by atoms with Crippen LogP contribution in [0.5, 0.6) is 0 Å². The fourth-order valence-electron chi connectivity index (χ4n) is 1.16. The molecule has 0 aliphatic carbocycles. The van der Waals surface area contributed by atoms with Gasteiger partial charge >= 0.3 is 0 Å². The second-order valence-corrected chi connectivity index (χ2v) is 2.99. The van der Waals surface area contributed by atoms with E-state index in [4.69, 9.17) is 0 Å². The molecule has 1 aromatic carbocycles. The van der Waals surface area contributed by atoms with Gasteiger partial charge in [0.2, 0.25) is 0 Å². The van der Waals surface area contributed by atoms with Crippen molar-refractivity contribution in [3.05, 3.63) is 41.5 Å². The Hall–Kier alpha value is -2.31. The van der Waals surface area contributed by atoms with Gasteiger partial charge in [-0.25, -0.2) is 4.39 Å². The first-order chi connectivity index (χ1) is 7.77. The Morgan fingerprint density at radius 1 is 1.44 bits per heavy atom. The van der Waals surface area contributed by atoms with Crippen LogP contribution in [-0.4, -0.2) is 26.5 Å². The number of hydrogen-bond acceptors (Lipinski definition) is 4. The standard InChI is InChI=1S/C9H8FN5O/c10-7-4-2-1-3-6(7)9(16)11-5-8-12-14-15-13-8/h1-4H,5H2,(H,11,16)(H,12,13,14,15). The predicted molar refractivity (Wildman–Crippen MR) is 51.7 cm³/mol. The number of carbonyl (C=O) groups excluding carboxylic acids is 1. The van der Waals surface area contributed by atoms with Crippen molar-refractivity contribution in [2.24, 2.45) is 0 Å². The third-order valence-corrected chi connectivity index (χ3v) is 1.91. The number of nitrogens with one attached hydrogen (secondary N) is 2. The molecule has 0 spiro atoms. The minimum Gasteiger partial charge on any atom is -0.344 e. The third kappa shape index (κ3) is 2.19. The van der Waals surface area contributed by atoms with Crippen molar-refractivity contribution in [1.82, 2.24) is 25.9 Å². The topological polar surface area (TPSA) is 83.6 Å². The Labute approximate surface area is 89.9 Å². The minimum absolute atomic E-state index is 0.00834. The van der Waals surface area contributed by atoms with Crippen LogP contribution in [0.2, 0.25) is 0 Å². The molecule has 2 aromatic rings.